The second-order valence-corrected chi connectivity index (χ2v) is 10.7. The monoisotopic (exact) mass is 496 g/mol. The van der Waals surface area contributed by atoms with E-state index in [1.807, 2.05) is 11.8 Å². The van der Waals surface area contributed by atoms with E-state index in [2.05, 4.69) is 5.10 Å². The molecule has 0 bridgehead atoms. The van der Waals surface area contributed by atoms with Crippen LogP contribution in [0, 0.1) is 0 Å². The van der Waals surface area contributed by atoms with E-state index in [1.54, 1.807) is 30.5 Å². The Balaban J connectivity index is 1.64. The largest absolute Gasteiger partial charge is 0.483 e. The summed E-state index contributed by atoms with van der Waals surface area (Å²) < 4.78 is 39.3. The third-order valence-electron chi connectivity index (χ3n) is 5.86. The van der Waals surface area contributed by atoms with Crippen LogP contribution >= 0.6 is 11.6 Å². The van der Waals surface area contributed by atoms with Gasteiger partial charge in [0.05, 0.1) is 30.9 Å². The predicted octanol–water partition coefficient (Wildman–Crippen LogP) is 2.31. The van der Waals surface area contributed by atoms with Crippen molar-refractivity contribution in [1.29, 1.82) is 0 Å². The molecule has 2 aromatic rings. The van der Waals surface area contributed by atoms with E-state index < -0.39 is 10.0 Å². The normalized spacial score (nSPS) is 18.4. The molecule has 0 saturated carbocycles. The topological polar surface area (TPSA) is 94.0 Å². The number of hydrogen-bond acceptors (Lipinski definition) is 7. The van der Waals surface area contributed by atoms with Gasteiger partial charge in [0.25, 0.3) is 0 Å². The summed E-state index contributed by atoms with van der Waals surface area (Å²) in [5.74, 6) is 0.365. The summed E-state index contributed by atoms with van der Waals surface area (Å²) in [5.41, 5.74) is 0.756. The molecule has 1 aromatic carbocycles. The molecule has 2 aliphatic rings. The molecule has 11 heteroatoms. The average molecular weight is 497 g/mol. The minimum Gasteiger partial charge on any atom is -0.483 e. The summed E-state index contributed by atoms with van der Waals surface area (Å²) in [6, 6.07) is 6.92. The third kappa shape index (κ3) is 5.51. The summed E-state index contributed by atoms with van der Waals surface area (Å²) in [6.45, 7) is 4.65. The van der Waals surface area contributed by atoms with Crippen molar-refractivity contribution in [2.24, 2.45) is 0 Å². The van der Waals surface area contributed by atoms with Crippen LogP contribution in [0.3, 0.4) is 0 Å². The molecule has 0 N–H and O–H groups in total. The van der Waals surface area contributed by atoms with Crippen LogP contribution in [0.4, 0.5) is 5.69 Å². The number of nitrogens with zero attached hydrogens (tertiary/aromatic N) is 4. The SMILES string of the molecule is CCCS(=O)(=O)N1CCN(c2cnn(-c3cccc(Cl)c3)c(=O)c2OC2CCOCC2)CC1. The Bertz CT molecular complexity index is 1130. The highest BCUT2D eigenvalue weighted by Crippen LogP contribution is 2.28. The zero-order valence-corrected chi connectivity index (χ0v) is 20.2. The summed E-state index contributed by atoms with van der Waals surface area (Å²) >= 11 is 6.12. The first-order chi connectivity index (χ1) is 15.9. The Morgan fingerprint density at radius 3 is 2.58 bits per heavy atom. The van der Waals surface area contributed by atoms with E-state index in [0.717, 1.165) is 0 Å². The standard InChI is InChI=1S/C22H29ClN4O5S/c1-2-14-33(29,30)26-10-8-25(9-11-26)20-16-24-27(18-5-3-4-17(23)15-18)22(28)21(20)32-19-6-12-31-13-7-19/h3-5,15-16,19H,2,6-14H2,1H3. The van der Waals surface area contributed by atoms with Crippen molar-refractivity contribution in [2.75, 3.05) is 50.0 Å². The number of hydrogen-bond donors (Lipinski definition) is 0. The van der Waals surface area contributed by atoms with E-state index in [-0.39, 0.29) is 23.2 Å². The van der Waals surface area contributed by atoms with Gasteiger partial charge in [-0.25, -0.2) is 8.42 Å². The second-order valence-electron chi connectivity index (χ2n) is 8.19. The van der Waals surface area contributed by atoms with Gasteiger partial charge in [0, 0.05) is 44.0 Å². The highest BCUT2D eigenvalue weighted by molar-refractivity contribution is 7.89. The molecule has 180 valence electrons. The second kappa shape index (κ2) is 10.4. The minimum atomic E-state index is -3.26. The van der Waals surface area contributed by atoms with Gasteiger partial charge in [0.1, 0.15) is 11.8 Å². The number of rotatable bonds is 7. The lowest BCUT2D eigenvalue weighted by Gasteiger charge is -2.36. The molecule has 33 heavy (non-hydrogen) atoms. The first kappa shape index (κ1) is 24.0. The van der Waals surface area contributed by atoms with E-state index >= 15 is 0 Å². The van der Waals surface area contributed by atoms with Crippen LogP contribution in [0.25, 0.3) is 5.69 Å². The zero-order chi connectivity index (χ0) is 23.4. The molecular formula is C22H29ClN4O5S. The van der Waals surface area contributed by atoms with Crippen LogP contribution in [-0.4, -0.2) is 73.8 Å². The molecular weight excluding hydrogens is 468 g/mol. The van der Waals surface area contributed by atoms with Crippen LogP contribution < -0.4 is 15.2 Å². The molecule has 0 radical (unpaired) electrons. The molecule has 0 aliphatic carbocycles. The number of benzene rings is 1. The Labute approximate surface area is 198 Å². The maximum Gasteiger partial charge on any atom is 0.316 e. The van der Waals surface area contributed by atoms with Crippen molar-refractivity contribution in [3.8, 4) is 11.4 Å². The summed E-state index contributed by atoms with van der Waals surface area (Å²) in [7, 11) is -3.26. The fourth-order valence-electron chi connectivity index (χ4n) is 4.11. The molecule has 2 fully saturated rings. The van der Waals surface area contributed by atoms with Crippen LogP contribution in [0.15, 0.2) is 35.3 Å². The Kier molecular flexibility index (Phi) is 7.58. The highest BCUT2D eigenvalue weighted by Gasteiger charge is 2.30. The Hall–Kier alpha value is -2.14. The zero-order valence-electron chi connectivity index (χ0n) is 18.7. The van der Waals surface area contributed by atoms with Crippen molar-refractivity contribution in [1.82, 2.24) is 14.1 Å². The van der Waals surface area contributed by atoms with Gasteiger partial charge in [0.2, 0.25) is 15.8 Å². The first-order valence-electron chi connectivity index (χ1n) is 11.2. The molecule has 0 atom stereocenters. The molecule has 1 aromatic heterocycles. The molecule has 2 saturated heterocycles. The Morgan fingerprint density at radius 1 is 1.18 bits per heavy atom. The molecule has 0 unspecified atom stereocenters. The van der Waals surface area contributed by atoms with Gasteiger partial charge in [-0.15, -0.1) is 0 Å². The van der Waals surface area contributed by atoms with Gasteiger partial charge in [-0.3, -0.25) is 4.79 Å². The quantitative estimate of drug-likeness (QED) is 0.580. The fraction of sp³-hybridized carbons (Fsp3) is 0.545. The van der Waals surface area contributed by atoms with E-state index in [0.29, 0.717) is 75.1 Å². The van der Waals surface area contributed by atoms with Crippen molar-refractivity contribution >= 4 is 27.3 Å². The summed E-state index contributed by atoms with van der Waals surface area (Å²) in [4.78, 5) is 15.5. The number of ether oxygens (including phenoxy) is 2. The van der Waals surface area contributed by atoms with Crippen molar-refractivity contribution in [3.05, 3.63) is 45.8 Å². The smallest absolute Gasteiger partial charge is 0.316 e. The number of piperazine rings is 1. The molecule has 9 nitrogen and oxygen atoms in total. The van der Waals surface area contributed by atoms with Gasteiger partial charge < -0.3 is 14.4 Å². The van der Waals surface area contributed by atoms with Crippen molar-refractivity contribution in [3.63, 3.8) is 0 Å². The van der Waals surface area contributed by atoms with Gasteiger partial charge >= 0.3 is 5.56 Å². The summed E-state index contributed by atoms with van der Waals surface area (Å²) in [6.07, 6.45) is 3.46. The average Bonchev–Trinajstić information content (AvgIpc) is 2.81. The summed E-state index contributed by atoms with van der Waals surface area (Å²) in [5, 5.41) is 4.88. The van der Waals surface area contributed by atoms with Crippen molar-refractivity contribution in [2.45, 2.75) is 32.3 Å². The minimum absolute atomic E-state index is 0.133. The molecule has 3 heterocycles. The van der Waals surface area contributed by atoms with E-state index in [4.69, 9.17) is 21.1 Å². The maximum absolute atomic E-state index is 13.5. The van der Waals surface area contributed by atoms with Gasteiger partial charge in [0.15, 0.2) is 0 Å². The molecule has 2 aliphatic heterocycles. The maximum atomic E-state index is 13.5. The number of anilines is 1. The lowest BCUT2D eigenvalue weighted by molar-refractivity contribution is 0.0249. The number of halogens is 1. The van der Waals surface area contributed by atoms with Gasteiger partial charge in [-0.2, -0.15) is 14.1 Å². The van der Waals surface area contributed by atoms with Crippen molar-refractivity contribution < 1.29 is 17.9 Å². The van der Waals surface area contributed by atoms with Crippen LogP contribution in [0.2, 0.25) is 5.02 Å². The van der Waals surface area contributed by atoms with Crippen LogP contribution in [0.5, 0.6) is 5.75 Å². The van der Waals surface area contributed by atoms with E-state index in [1.165, 1.54) is 8.99 Å². The van der Waals surface area contributed by atoms with Crippen LogP contribution in [0.1, 0.15) is 26.2 Å². The lowest BCUT2D eigenvalue weighted by Crippen LogP contribution is -2.49. The third-order valence-corrected chi connectivity index (χ3v) is 8.17. The lowest BCUT2D eigenvalue weighted by atomic mass is 10.1. The van der Waals surface area contributed by atoms with E-state index in [9.17, 15) is 13.2 Å². The highest BCUT2D eigenvalue weighted by atomic mass is 35.5. The first-order valence-corrected chi connectivity index (χ1v) is 13.2. The predicted molar refractivity (Wildman–Crippen MR) is 127 cm³/mol. The number of aromatic nitrogens is 2. The van der Waals surface area contributed by atoms with Gasteiger partial charge in [-0.05, 0) is 24.6 Å². The molecule has 0 amide bonds. The Morgan fingerprint density at radius 2 is 1.91 bits per heavy atom. The molecule has 4 rings (SSSR count). The molecule has 0 spiro atoms. The van der Waals surface area contributed by atoms with Crippen LogP contribution in [-0.2, 0) is 14.8 Å². The number of sulfonamides is 1. The fourth-order valence-corrected chi connectivity index (χ4v) is 5.79. The van der Waals surface area contributed by atoms with Gasteiger partial charge in [-0.1, -0.05) is 24.6 Å².